The summed E-state index contributed by atoms with van der Waals surface area (Å²) in [6.45, 7) is 2.02. The number of carbonyl (C=O) groups is 1. The van der Waals surface area contributed by atoms with Gasteiger partial charge in [-0.1, -0.05) is 19.3 Å². The number of hydrogen-bond acceptors (Lipinski definition) is 4. The maximum absolute atomic E-state index is 11.6. The van der Waals surface area contributed by atoms with Gasteiger partial charge < -0.3 is 15.4 Å². The largest absolute Gasteiger partial charge is 0.465 e. The Morgan fingerprint density at radius 1 is 1.16 bits per heavy atom. The second-order valence-electron chi connectivity index (χ2n) is 5.02. The first-order valence-corrected chi connectivity index (χ1v) is 6.95. The Morgan fingerprint density at radius 2 is 1.79 bits per heavy atom. The fraction of sp³-hybridized carbons (Fsp3) is 0.533. The third-order valence-corrected chi connectivity index (χ3v) is 3.65. The van der Waals surface area contributed by atoms with Gasteiger partial charge in [-0.3, -0.25) is 0 Å². The average molecular weight is 262 g/mol. The van der Waals surface area contributed by atoms with Crippen molar-refractivity contribution in [1.82, 2.24) is 0 Å². The summed E-state index contributed by atoms with van der Waals surface area (Å²) in [7, 11) is 1.40. The van der Waals surface area contributed by atoms with Crippen LogP contribution < -0.4 is 10.6 Å². The van der Waals surface area contributed by atoms with Gasteiger partial charge in [-0.15, -0.1) is 0 Å². The normalized spacial score (nSPS) is 16.6. The molecular formula is C15H22N2O2. The summed E-state index contributed by atoms with van der Waals surface area (Å²) in [5.41, 5.74) is 8.31. The zero-order chi connectivity index (χ0) is 13.7. The minimum atomic E-state index is -0.312. The van der Waals surface area contributed by atoms with Crippen molar-refractivity contribution in [3.8, 4) is 0 Å². The van der Waals surface area contributed by atoms with E-state index in [4.69, 9.17) is 10.5 Å². The highest BCUT2D eigenvalue weighted by molar-refractivity contribution is 5.92. The van der Waals surface area contributed by atoms with E-state index in [0.29, 0.717) is 5.56 Å². The van der Waals surface area contributed by atoms with E-state index in [-0.39, 0.29) is 5.97 Å². The molecule has 19 heavy (non-hydrogen) atoms. The van der Waals surface area contributed by atoms with Crippen LogP contribution in [0.25, 0.3) is 0 Å². The predicted molar refractivity (Wildman–Crippen MR) is 77.5 cm³/mol. The molecule has 0 saturated carbocycles. The van der Waals surface area contributed by atoms with Crippen molar-refractivity contribution in [1.29, 1.82) is 0 Å². The van der Waals surface area contributed by atoms with Gasteiger partial charge in [0.05, 0.1) is 24.0 Å². The quantitative estimate of drug-likeness (QED) is 0.657. The van der Waals surface area contributed by atoms with Crippen LogP contribution in [0.3, 0.4) is 0 Å². The van der Waals surface area contributed by atoms with Crippen LogP contribution in [0.2, 0.25) is 0 Å². The molecule has 1 aliphatic heterocycles. The summed E-state index contributed by atoms with van der Waals surface area (Å²) in [4.78, 5) is 13.9. The molecule has 0 bridgehead atoms. The Morgan fingerprint density at radius 3 is 2.42 bits per heavy atom. The molecule has 0 aliphatic carbocycles. The molecule has 1 heterocycles. The molecule has 4 heteroatoms. The highest BCUT2D eigenvalue weighted by Gasteiger charge is 2.14. The number of nitrogen functional groups attached to an aromatic ring is 1. The van der Waals surface area contributed by atoms with E-state index in [0.717, 1.165) is 24.5 Å². The second kappa shape index (κ2) is 6.45. The van der Waals surface area contributed by atoms with Crippen molar-refractivity contribution in [2.75, 3.05) is 30.8 Å². The van der Waals surface area contributed by atoms with E-state index in [2.05, 4.69) is 4.90 Å². The van der Waals surface area contributed by atoms with Crippen LogP contribution in [0.15, 0.2) is 18.2 Å². The Bertz CT molecular complexity index is 438. The van der Waals surface area contributed by atoms with E-state index in [1.54, 1.807) is 12.1 Å². The Hall–Kier alpha value is -1.71. The lowest BCUT2D eigenvalue weighted by Gasteiger charge is -2.28. The fourth-order valence-electron chi connectivity index (χ4n) is 2.55. The van der Waals surface area contributed by atoms with Gasteiger partial charge in [-0.2, -0.15) is 0 Å². The molecule has 4 nitrogen and oxygen atoms in total. The minimum Gasteiger partial charge on any atom is -0.465 e. The van der Waals surface area contributed by atoms with Crippen molar-refractivity contribution in [3.63, 3.8) is 0 Å². The molecule has 1 saturated heterocycles. The van der Waals surface area contributed by atoms with Crippen molar-refractivity contribution >= 4 is 17.3 Å². The maximum atomic E-state index is 11.6. The van der Waals surface area contributed by atoms with Crippen LogP contribution in [0.1, 0.15) is 42.5 Å². The first-order chi connectivity index (χ1) is 9.22. The molecule has 0 radical (unpaired) electrons. The molecule has 1 aromatic rings. The Labute approximate surface area is 114 Å². The number of esters is 1. The van der Waals surface area contributed by atoms with Crippen LogP contribution in [0, 0.1) is 0 Å². The number of benzene rings is 1. The summed E-state index contributed by atoms with van der Waals surface area (Å²) < 4.78 is 4.76. The van der Waals surface area contributed by atoms with Gasteiger partial charge in [0.2, 0.25) is 0 Å². The number of nitrogens with zero attached hydrogens (tertiary/aromatic N) is 1. The predicted octanol–water partition coefficient (Wildman–Crippen LogP) is 2.83. The van der Waals surface area contributed by atoms with E-state index in [9.17, 15) is 4.79 Å². The number of methoxy groups -OCH3 is 1. The van der Waals surface area contributed by atoms with E-state index in [1.165, 1.54) is 39.2 Å². The third-order valence-electron chi connectivity index (χ3n) is 3.65. The monoisotopic (exact) mass is 262 g/mol. The summed E-state index contributed by atoms with van der Waals surface area (Å²) in [5.74, 6) is -0.312. The van der Waals surface area contributed by atoms with Crippen molar-refractivity contribution in [2.45, 2.75) is 32.1 Å². The average Bonchev–Trinajstić information content (AvgIpc) is 2.39. The molecule has 2 rings (SSSR count). The van der Waals surface area contributed by atoms with E-state index in [1.807, 2.05) is 6.07 Å². The van der Waals surface area contributed by atoms with Crippen LogP contribution in [0.4, 0.5) is 11.4 Å². The Balaban J connectivity index is 2.23. The molecule has 104 valence electrons. The van der Waals surface area contributed by atoms with E-state index >= 15 is 0 Å². The Kier molecular flexibility index (Phi) is 4.66. The second-order valence-corrected chi connectivity index (χ2v) is 5.02. The summed E-state index contributed by atoms with van der Waals surface area (Å²) in [6, 6.07) is 5.36. The number of nitrogens with two attached hydrogens (primary N) is 1. The van der Waals surface area contributed by atoms with Crippen LogP contribution in [0.5, 0.6) is 0 Å². The number of carbonyl (C=O) groups excluding carboxylic acids is 1. The molecule has 0 spiro atoms. The van der Waals surface area contributed by atoms with Crippen LogP contribution >= 0.6 is 0 Å². The van der Waals surface area contributed by atoms with Crippen LogP contribution in [-0.4, -0.2) is 26.2 Å². The molecule has 0 amide bonds. The lowest BCUT2D eigenvalue weighted by molar-refractivity contribution is 0.0601. The number of anilines is 2. The molecule has 2 N–H and O–H groups in total. The third kappa shape index (κ3) is 3.40. The van der Waals surface area contributed by atoms with Crippen LogP contribution in [-0.2, 0) is 4.74 Å². The molecule has 1 aromatic carbocycles. The highest BCUT2D eigenvalue weighted by Crippen LogP contribution is 2.27. The zero-order valence-electron chi connectivity index (χ0n) is 11.5. The van der Waals surface area contributed by atoms with Gasteiger partial charge in [0.1, 0.15) is 0 Å². The van der Waals surface area contributed by atoms with Gasteiger partial charge in [0.25, 0.3) is 0 Å². The topological polar surface area (TPSA) is 55.6 Å². The van der Waals surface area contributed by atoms with Crippen molar-refractivity contribution in [2.24, 2.45) is 0 Å². The smallest absolute Gasteiger partial charge is 0.337 e. The van der Waals surface area contributed by atoms with Gasteiger partial charge >= 0.3 is 5.97 Å². The summed E-state index contributed by atoms with van der Waals surface area (Å²) in [5, 5.41) is 0. The first-order valence-electron chi connectivity index (χ1n) is 6.95. The lowest BCUT2D eigenvalue weighted by Crippen LogP contribution is -2.28. The number of rotatable bonds is 2. The SMILES string of the molecule is COC(=O)c1ccc(N)c(N2CCCCCCC2)c1. The molecule has 0 unspecified atom stereocenters. The maximum Gasteiger partial charge on any atom is 0.337 e. The van der Waals surface area contributed by atoms with Crippen molar-refractivity contribution < 1.29 is 9.53 Å². The van der Waals surface area contributed by atoms with Gasteiger partial charge in [-0.25, -0.2) is 4.79 Å². The highest BCUT2D eigenvalue weighted by atomic mass is 16.5. The standard InChI is InChI=1S/C15H22N2O2/c1-19-15(18)12-7-8-13(16)14(11-12)17-9-5-3-2-4-6-10-17/h7-8,11H,2-6,9-10,16H2,1H3. The van der Waals surface area contributed by atoms with Crippen molar-refractivity contribution in [3.05, 3.63) is 23.8 Å². The fourth-order valence-corrected chi connectivity index (χ4v) is 2.55. The summed E-state index contributed by atoms with van der Waals surface area (Å²) in [6.07, 6.45) is 6.23. The molecule has 1 fully saturated rings. The van der Waals surface area contributed by atoms with Gasteiger partial charge in [0, 0.05) is 13.1 Å². The number of hydrogen-bond donors (Lipinski definition) is 1. The summed E-state index contributed by atoms with van der Waals surface area (Å²) >= 11 is 0. The molecular weight excluding hydrogens is 240 g/mol. The minimum absolute atomic E-state index is 0.312. The molecule has 0 aromatic heterocycles. The molecule has 0 atom stereocenters. The lowest BCUT2D eigenvalue weighted by atomic mass is 10.1. The van der Waals surface area contributed by atoms with E-state index < -0.39 is 0 Å². The van der Waals surface area contributed by atoms with Gasteiger partial charge in [0.15, 0.2) is 0 Å². The molecule has 1 aliphatic rings. The van der Waals surface area contributed by atoms with Gasteiger partial charge in [-0.05, 0) is 31.0 Å². The number of ether oxygens (including phenoxy) is 1. The zero-order valence-corrected chi connectivity index (χ0v) is 11.5. The first kappa shape index (κ1) is 13.7.